The number of aliphatic carboxylic acids is 1. The molecule has 0 radical (unpaired) electrons. The topological polar surface area (TPSA) is 75.6 Å². The van der Waals surface area contributed by atoms with E-state index in [1.807, 2.05) is 24.3 Å². The molecule has 0 aliphatic carbocycles. The molecule has 5 heteroatoms. The van der Waals surface area contributed by atoms with E-state index in [0.717, 1.165) is 12.0 Å². The second kappa shape index (κ2) is 7.53. The van der Waals surface area contributed by atoms with Gasteiger partial charge in [-0.05, 0) is 30.9 Å². The fourth-order valence-corrected chi connectivity index (χ4v) is 1.73. The highest BCUT2D eigenvalue weighted by atomic mass is 16.5. The average molecular weight is 279 g/mol. The lowest BCUT2D eigenvalue weighted by atomic mass is 9.98. The largest absolute Gasteiger partial charge is 0.483 e. The molecule has 2 unspecified atom stereocenters. The van der Waals surface area contributed by atoms with E-state index in [2.05, 4.69) is 19.2 Å². The first-order valence-electron chi connectivity index (χ1n) is 6.69. The second-order valence-electron chi connectivity index (χ2n) is 4.76. The summed E-state index contributed by atoms with van der Waals surface area (Å²) < 4.78 is 5.50. The molecule has 0 saturated heterocycles. The third kappa shape index (κ3) is 4.57. The van der Waals surface area contributed by atoms with Gasteiger partial charge in [0.25, 0.3) is 5.91 Å². The highest BCUT2D eigenvalue weighted by molar-refractivity contribution is 5.84. The fourth-order valence-electron chi connectivity index (χ4n) is 1.73. The van der Waals surface area contributed by atoms with Crippen molar-refractivity contribution in [1.29, 1.82) is 0 Å². The van der Waals surface area contributed by atoms with Gasteiger partial charge in [-0.25, -0.2) is 0 Å². The Balaban J connectivity index is 2.62. The fraction of sp³-hybridized carbons (Fsp3) is 0.467. The Morgan fingerprint density at radius 2 is 1.95 bits per heavy atom. The predicted octanol–water partition coefficient (Wildman–Crippen LogP) is 2.17. The summed E-state index contributed by atoms with van der Waals surface area (Å²) in [6.45, 7) is 5.40. The number of rotatable bonds is 7. The van der Waals surface area contributed by atoms with Crippen molar-refractivity contribution in [2.24, 2.45) is 0 Å². The molecule has 1 aromatic rings. The van der Waals surface area contributed by atoms with Gasteiger partial charge in [-0.2, -0.15) is 0 Å². The lowest BCUT2D eigenvalue weighted by Crippen LogP contribution is -2.40. The maximum atomic E-state index is 11.6. The Kier molecular flexibility index (Phi) is 6.03. The number of carbonyl (C=O) groups is 2. The molecular weight excluding hydrogens is 258 g/mol. The van der Waals surface area contributed by atoms with E-state index in [1.54, 1.807) is 0 Å². The van der Waals surface area contributed by atoms with E-state index in [1.165, 1.54) is 6.92 Å². The van der Waals surface area contributed by atoms with Crippen molar-refractivity contribution in [3.05, 3.63) is 29.8 Å². The van der Waals surface area contributed by atoms with Crippen molar-refractivity contribution in [3.63, 3.8) is 0 Å². The second-order valence-corrected chi connectivity index (χ2v) is 4.76. The number of para-hydroxylation sites is 1. The lowest BCUT2D eigenvalue weighted by molar-refractivity contribution is -0.141. The minimum Gasteiger partial charge on any atom is -0.483 e. The van der Waals surface area contributed by atoms with Gasteiger partial charge in [0.2, 0.25) is 0 Å². The van der Waals surface area contributed by atoms with Crippen molar-refractivity contribution in [2.75, 3.05) is 6.61 Å². The number of carboxylic acid groups (broad SMARTS) is 1. The van der Waals surface area contributed by atoms with E-state index >= 15 is 0 Å². The van der Waals surface area contributed by atoms with Gasteiger partial charge in [0.1, 0.15) is 11.8 Å². The van der Waals surface area contributed by atoms with Gasteiger partial charge in [0.05, 0.1) is 0 Å². The Labute approximate surface area is 118 Å². The third-order valence-electron chi connectivity index (χ3n) is 3.17. The van der Waals surface area contributed by atoms with Crippen molar-refractivity contribution < 1.29 is 19.4 Å². The normalized spacial score (nSPS) is 13.3. The van der Waals surface area contributed by atoms with Crippen LogP contribution in [0.2, 0.25) is 0 Å². The Morgan fingerprint density at radius 1 is 1.30 bits per heavy atom. The van der Waals surface area contributed by atoms with Gasteiger partial charge < -0.3 is 15.2 Å². The molecule has 0 saturated carbocycles. The maximum absolute atomic E-state index is 11.6. The first kappa shape index (κ1) is 16.0. The van der Waals surface area contributed by atoms with Crippen molar-refractivity contribution >= 4 is 11.9 Å². The number of ether oxygens (including phenoxy) is 1. The SMILES string of the molecule is CCC(C)c1ccccc1OCC(=O)NC(C)C(=O)O. The van der Waals surface area contributed by atoms with Crippen molar-refractivity contribution in [2.45, 2.75) is 39.2 Å². The van der Waals surface area contributed by atoms with Gasteiger partial charge in [0, 0.05) is 0 Å². The van der Waals surface area contributed by atoms with E-state index in [-0.39, 0.29) is 6.61 Å². The Bertz CT molecular complexity index is 473. The molecule has 1 aromatic carbocycles. The quantitative estimate of drug-likeness (QED) is 0.802. The van der Waals surface area contributed by atoms with Crippen molar-refractivity contribution in [1.82, 2.24) is 5.32 Å². The average Bonchev–Trinajstić information content (AvgIpc) is 2.44. The molecule has 110 valence electrons. The number of amides is 1. The molecule has 2 atom stereocenters. The van der Waals surface area contributed by atoms with Crippen LogP contribution in [-0.4, -0.2) is 29.6 Å². The van der Waals surface area contributed by atoms with E-state index in [9.17, 15) is 9.59 Å². The van der Waals surface area contributed by atoms with Gasteiger partial charge >= 0.3 is 5.97 Å². The van der Waals surface area contributed by atoms with Crippen LogP contribution in [0.4, 0.5) is 0 Å². The van der Waals surface area contributed by atoms with Crippen LogP contribution in [0.3, 0.4) is 0 Å². The molecule has 0 heterocycles. The molecule has 1 amide bonds. The molecule has 0 aromatic heterocycles. The Hall–Kier alpha value is -2.04. The van der Waals surface area contributed by atoms with Crippen LogP contribution in [0, 0.1) is 0 Å². The first-order chi connectivity index (χ1) is 9.45. The van der Waals surface area contributed by atoms with Gasteiger partial charge in [0.15, 0.2) is 6.61 Å². The number of nitrogens with one attached hydrogen (secondary N) is 1. The lowest BCUT2D eigenvalue weighted by Gasteiger charge is -2.16. The van der Waals surface area contributed by atoms with Crippen LogP contribution >= 0.6 is 0 Å². The minimum atomic E-state index is -1.07. The van der Waals surface area contributed by atoms with E-state index < -0.39 is 17.9 Å². The third-order valence-corrected chi connectivity index (χ3v) is 3.17. The van der Waals surface area contributed by atoms with Crippen molar-refractivity contribution in [3.8, 4) is 5.75 Å². The smallest absolute Gasteiger partial charge is 0.325 e. The van der Waals surface area contributed by atoms with Gasteiger partial charge in [-0.15, -0.1) is 0 Å². The van der Waals surface area contributed by atoms with Crippen LogP contribution in [0.25, 0.3) is 0 Å². The zero-order valence-electron chi connectivity index (χ0n) is 12.1. The first-order valence-corrected chi connectivity index (χ1v) is 6.69. The summed E-state index contributed by atoms with van der Waals surface area (Å²) in [5.41, 5.74) is 1.05. The number of carboxylic acids is 1. The van der Waals surface area contributed by atoms with Gasteiger partial charge in [-0.3, -0.25) is 9.59 Å². The molecule has 0 bridgehead atoms. The summed E-state index contributed by atoms with van der Waals surface area (Å²) in [5.74, 6) is -0.510. The van der Waals surface area contributed by atoms with E-state index in [4.69, 9.17) is 9.84 Å². The zero-order chi connectivity index (χ0) is 15.1. The number of benzene rings is 1. The molecule has 0 aliphatic heterocycles. The number of hydrogen-bond acceptors (Lipinski definition) is 3. The van der Waals surface area contributed by atoms with E-state index in [0.29, 0.717) is 11.7 Å². The number of hydrogen-bond donors (Lipinski definition) is 2. The van der Waals surface area contributed by atoms with Crippen LogP contribution < -0.4 is 10.1 Å². The van der Waals surface area contributed by atoms with Crippen LogP contribution in [0.5, 0.6) is 5.75 Å². The van der Waals surface area contributed by atoms with Gasteiger partial charge in [-0.1, -0.05) is 32.0 Å². The van der Waals surface area contributed by atoms with Crippen LogP contribution in [0.15, 0.2) is 24.3 Å². The molecule has 0 aliphatic rings. The van der Waals surface area contributed by atoms with Crippen LogP contribution in [-0.2, 0) is 9.59 Å². The zero-order valence-corrected chi connectivity index (χ0v) is 12.1. The molecule has 1 rings (SSSR count). The predicted molar refractivity (Wildman–Crippen MR) is 75.9 cm³/mol. The summed E-state index contributed by atoms with van der Waals surface area (Å²) in [6, 6.07) is 6.65. The number of carbonyl (C=O) groups excluding carboxylic acids is 1. The standard InChI is InChI=1S/C15H21NO4/c1-4-10(2)12-7-5-6-8-13(12)20-9-14(17)16-11(3)15(18)19/h5-8,10-11H,4,9H2,1-3H3,(H,16,17)(H,18,19). The summed E-state index contributed by atoms with van der Waals surface area (Å²) in [7, 11) is 0. The molecule has 5 nitrogen and oxygen atoms in total. The molecule has 0 fully saturated rings. The molecular formula is C15H21NO4. The molecule has 0 spiro atoms. The summed E-state index contributed by atoms with van der Waals surface area (Å²) in [5, 5.41) is 11.1. The maximum Gasteiger partial charge on any atom is 0.325 e. The minimum absolute atomic E-state index is 0.189. The summed E-state index contributed by atoms with van der Waals surface area (Å²) in [6.07, 6.45) is 0.975. The molecule has 20 heavy (non-hydrogen) atoms. The highest BCUT2D eigenvalue weighted by Crippen LogP contribution is 2.28. The monoisotopic (exact) mass is 279 g/mol. The highest BCUT2D eigenvalue weighted by Gasteiger charge is 2.15. The Morgan fingerprint density at radius 3 is 2.55 bits per heavy atom. The molecule has 2 N–H and O–H groups in total. The summed E-state index contributed by atoms with van der Waals surface area (Å²) in [4.78, 5) is 22.2. The summed E-state index contributed by atoms with van der Waals surface area (Å²) >= 11 is 0. The van der Waals surface area contributed by atoms with Crippen LogP contribution in [0.1, 0.15) is 38.7 Å².